The Morgan fingerprint density at radius 1 is 1.44 bits per heavy atom. The van der Waals surface area contributed by atoms with E-state index in [0.717, 1.165) is 11.3 Å². The third kappa shape index (κ3) is 3.43. The monoisotopic (exact) mass is 237 g/mol. The molecule has 0 bridgehead atoms. The van der Waals surface area contributed by atoms with E-state index in [1.54, 1.807) is 0 Å². The standard InChI is InChI=1S/C13H16ClNO/c1-9(2)11-5-4-10(3)13(6-11)16-8-12(14)7-15/h4-6,9,12H,8H2,1-3H3. The zero-order valence-corrected chi connectivity index (χ0v) is 10.6. The van der Waals surface area contributed by atoms with Crippen LogP contribution in [0.2, 0.25) is 0 Å². The van der Waals surface area contributed by atoms with E-state index in [-0.39, 0.29) is 6.61 Å². The molecular formula is C13H16ClNO. The second kappa shape index (κ2) is 5.77. The summed E-state index contributed by atoms with van der Waals surface area (Å²) in [6.45, 7) is 6.47. The van der Waals surface area contributed by atoms with Gasteiger partial charge in [-0.2, -0.15) is 5.26 Å². The van der Waals surface area contributed by atoms with Crippen molar-refractivity contribution in [2.75, 3.05) is 6.61 Å². The zero-order chi connectivity index (χ0) is 12.1. The summed E-state index contributed by atoms with van der Waals surface area (Å²) in [6.07, 6.45) is 0. The molecule has 0 saturated heterocycles. The molecule has 1 aromatic carbocycles. The molecule has 0 radical (unpaired) electrons. The Morgan fingerprint density at radius 2 is 2.12 bits per heavy atom. The van der Waals surface area contributed by atoms with Crippen LogP contribution in [0.25, 0.3) is 0 Å². The van der Waals surface area contributed by atoms with Gasteiger partial charge in [-0.15, -0.1) is 11.6 Å². The molecule has 0 amide bonds. The van der Waals surface area contributed by atoms with Crippen molar-refractivity contribution in [2.24, 2.45) is 0 Å². The van der Waals surface area contributed by atoms with E-state index in [2.05, 4.69) is 19.9 Å². The molecule has 1 rings (SSSR count). The minimum Gasteiger partial charge on any atom is -0.491 e. The Morgan fingerprint density at radius 3 is 2.69 bits per heavy atom. The number of benzene rings is 1. The second-order valence-corrected chi connectivity index (χ2v) is 4.61. The summed E-state index contributed by atoms with van der Waals surface area (Å²) in [5.41, 5.74) is 2.29. The first-order valence-corrected chi connectivity index (χ1v) is 5.75. The molecule has 0 saturated carbocycles. The molecule has 1 atom stereocenters. The SMILES string of the molecule is Cc1ccc(C(C)C)cc1OCC(Cl)C#N. The molecule has 0 N–H and O–H groups in total. The van der Waals surface area contributed by atoms with Crippen LogP contribution in [0.5, 0.6) is 5.75 Å². The third-order valence-electron chi connectivity index (χ3n) is 2.40. The summed E-state index contributed by atoms with van der Waals surface area (Å²) in [5, 5.41) is 7.97. The average molecular weight is 238 g/mol. The molecule has 0 aromatic heterocycles. The lowest BCUT2D eigenvalue weighted by Crippen LogP contribution is -2.10. The highest BCUT2D eigenvalue weighted by Crippen LogP contribution is 2.24. The van der Waals surface area contributed by atoms with Gasteiger partial charge in [-0.05, 0) is 30.0 Å². The largest absolute Gasteiger partial charge is 0.491 e. The second-order valence-electron chi connectivity index (χ2n) is 4.09. The number of hydrogen-bond acceptors (Lipinski definition) is 2. The van der Waals surface area contributed by atoms with Crippen LogP contribution < -0.4 is 4.74 Å². The number of nitriles is 1. The Balaban J connectivity index is 2.79. The molecule has 0 aliphatic rings. The Hall–Kier alpha value is -1.20. The summed E-state index contributed by atoms with van der Waals surface area (Å²) in [7, 11) is 0. The van der Waals surface area contributed by atoms with Gasteiger partial charge in [0.25, 0.3) is 0 Å². The Labute approximate surface area is 102 Å². The smallest absolute Gasteiger partial charge is 0.154 e. The molecule has 0 heterocycles. The quantitative estimate of drug-likeness (QED) is 0.750. The lowest BCUT2D eigenvalue weighted by Gasteiger charge is -2.12. The molecular weight excluding hydrogens is 222 g/mol. The predicted molar refractivity (Wildman–Crippen MR) is 66.0 cm³/mol. The van der Waals surface area contributed by atoms with Gasteiger partial charge in [0.2, 0.25) is 0 Å². The third-order valence-corrected chi connectivity index (χ3v) is 2.63. The van der Waals surface area contributed by atoms with Crippen molar-refractivity contribution < 1.29 is 4.74 Å². The molecule has 2 nitrogen and oxygen atoms in total. The van der Waals surface area contributed by atoms with Crippen LogP contribution in [-0.2, 0) is 0 Å². The molecule has 1 unspecified atom stereocenters. The zero-order valence-electron chi connectivity index (χ0n) is 9.83. The Kier molecular flexibility index (Phi) is 4.64. The summed E-state index contributed by atoms with van der Waals surface area (Å²) in [5.74, 6) is 1.28. The highest BCUT2D eigenvalue weighted by atomic mass is 35.5. The highest BCUT2D eigenvalue weighted by molar-refractivity contribution is 6.22. The van der Waals surface area contributed by atoms with Crippen LogP contribution in [0, 0.1) is 18.3 Å². The van der Waals surface area contributed by atoms with Crippen molar-refractivity contribution in [3.05, 3.63) is 29.3 Å². The van der Waals surface area contributed by atoms with Crippen LogP contribution in [-0.4, -0.2) is 12.0 Å². The molecule has 0 spiro atoms. The van der Waals surface area contributed by atoms with Crippen molar-refractivity contribution >= 4 is 11.6 Å². The van der Waals surface area contributed by atoms with Crippen molar-refractivity contribution in [1.82, 2.24) is 0 Å². The van der Waals surface area contributed by atoms with Crippen LogP contribution in [0.4, 0.5) is 0 Å². The maximum absolute atomic E-state index is 8.56. The van der Waals surface area contributed by atoms with Gasteiger partial charge in [0, 0.05) is 0 Å². The van der Waals surface area contributed by atoms with E-state index in [1.165, 1.54) is 5.56 Å². The van der Waals surface area contributed by atoms with Gasteiger partial charge in [0.1, 0.15) is 12.4 Å². The summed E-state index contributed by atoms with van der Waals surface area (Å²) >= 11 is 5.68. The minimum absolute atomic E-state index is 0.223. The number of rotatable bonds is 4. The van der Waals surface area contributed by atoms with Crippen molar-refractivity contribution in [3.63, 3.8) is 0 Å². The van der Waals surface area contributed by atoms with Gasteiger partial charge in [-0.25, -0.2) is 0 Å². The number of nitrogens with zero attached hydrogens (tertiary/aromatic N) is 1. The molecule has 1 aromatic rings. The molecule has 3 heteroatoms. The fourth-order valence-corrected chi connectivity index (χ4v) is 1.39. The average Bonchev–Trinajstić information content (AvgIpc) is 2.27. The summed E-state index contributed by atoms with van der Waals surface area (Å²) in [6, 6.07) is 8.07. The minimum atomic E-state index is -0.595. The van der Waals surface area contributed by atoms with E-state index in [9.17, 15) is 0 Å². The summed E-state index contributed by atoms with van der Waals surface area (Å²) < 4.78 is 5.53. The highest BCUT2D eigenvalue weighted by Gasteiger charge is 2.07. The van der Waals surface area contributed by atoms with Crippen molar-refractivity contribution in [3.8, 4) is 11.8 Å². The van der Waals surface area contributed by atoms with Crippen molar-refractivity contribution in [1.29, 1.82) is 5.26 Å². The topological polar surface area (TPSA) is 33.0 Å². The molecule has 0 aliphatic carbocycles. The van der Waals surface area contributed by atoms with Gasteiger partial charge in [0.05, 0.1) is 6.07 Å². The van der Waals surface area contributed by atoms with Crippen molar-refractivity contribution in [2.45, 2.75) is 32.1 Å². The van der Waals surface area contributed by atoms with Gasteiger partial charge in [0.15, 0.2) is 5.38 Å². The lowest BCUT2D eigenvalue weighted by molar-refractivity contribution is 0.326. The number of aryl methyl sites for hydroxylation is 1. The predicted octanol–water partition coefficient (Wildman–Crippen LogP) is 3.63. The fourth-order valence-electron chi connectivity index (χ4n) is 1.33. The van der Waals surface area contributed by atoms with E-state index < -0.39 is 5.38 Å². The Bertz CT molecular complexity index is 395. The van der Waals surface area contributed by atoms with Gasteiger partial charge >= 0.3 is 0 Å². The van der Waals surface area contributed by atoms with Gasteiger partial charge in [-0.3, -0.25) is 0 Å². The van der Waals surface area contributed by atoms with E-state index in [1.807, 2.05) is 25.1 Å². The maximum atomic E-state index is 8.56. The first-order chi connectivity index (χ1) is 7.54. The van der Waals surface area contributed by atoms with E-state index in [4.69, 9.17) is 21.6 Å². The maximum Gasteiger partial charge on any atom is 0.154 e. The van der Waals surface area contributed by atoms with Gasteiger partial charge < -0.3 is 4.74 Å². The first-order valence-electron chi connectivity index (χ1n) is 5.31. The lowest BCUT2D eigenvalue weighted by atomic mass is 10.0. The van der Waals surface area contributed by atoms with Crippen LogP contribution in [0.15, 0.2) is 18.2 Å². The first kappa shape index (κ1) is 12.9. The number of alkyl halides is 1. The number of ether oxygens (including phenoxy) is 1. The van der Waals surface area contributed by atoms with Crippen LogP contribution in [0.1, 0.15) is 30.9 Å². The fraction of sp³-hybridized carbons (Fsp3) is 0.462. The van der Waals surface area contributed by atoms with Crippen LogP contribution in [0.3, 0.4) is 0 Å². The normalized spacial score (nSPS) is 12.2. The van der Waals surface area contributed by atoms with E-state index >= 15 is 0 Å². The van der Waals surface area contributed by atoms with Gasteiger partial charge in [-0.1, -0.05) is 26.0 Å². The number of halogens is 1. The molecule has 0 fully saturated rings. The summed E-state index contributed by atoms with van der Waals surface area (Å²) in [4.78, 5) is 0. The number of hydrogen-bond donors (Lipinski definition) is 0. The van der Waals surface area contributed by atoms with Crippen LogP contribution >= 0.6 is 11.6 Å². The molecule has 16 heavy (non-hydrogen) atoms. The molecule has 0 aliphatic heterocycles. The molecule has 86 valence electrons. The van der Waals surface area contributed by atoms with E-state index in [0.29, 0.717) is 5.92 Å².